The summed E-state index contributed by atoms with van der Waals surface area (Å²) in [5.41, 5.74) is 4.13. The van der Waals surface area contributed by atoms with Gasteiger partial charge in [0.25, 0.3) is 0 Å². The fourth-order valence-corrected chi connectivity index (χ4v) is 5.01. The van der Waals surface area contributed by atoms with Gasteiger partial charge in [-0.1, -0.05) is 12.1 Å². The minimum Gasteiger partial charge on any atom is -0.459 e. The summed E-state index contributed by atoms with van der Waals surface area (Å²) in [5.74, 6) is -0.471. The SMILES string of the molecule is CSc1ccc([C@H]2C(C(=O)OC3CCCC3)=C(C)NC3=C2C(=O)CCC3)cc1. The number of hydrogen-bond donors (Lipinski definition) is 1. The predicted octanol–water partition coefficient (Wildman–Crippen LogP) is 4.86. The Balaban J connectivity index is 1.75. The van der Waals surface area contributed by atoms with Crippen molar-refractivity contribution in [3.05, 3.63) is 52.4 Å². The van der Waals surface area contributed by atoms with Gasteiger partial charge in [0, 0.05) is 34.2 Å². The highest BCUT2D eigenvalue weighted by Crippen LogP contribution is 2.43. The summed E-state index contributed by atoms with van der Waals surface area (Å²) in [6.07, 6.45) is 8.40. The smallest absolute Gasteiger partial charge is 0.337 e. The quantitative estimate of drug-likeness (QED) is 0.581. The van der Waals surface area contributed by atoms with Gasteiger partial charge in [0.05, 0.1) is 5.57 Å². The highest BCUT2D eigenvalue weighted by atomic mass is 32.2. The first kappa shape index (κ1) is 19.3. The Morgan fingerprint density at radius 1 is 1.11 bits per heavy atom. The van der Waals surface area contributed by atoms with Crippen molar-refractivity contribution in [2.24, 2.45) is 0 Å². The van der Waals surface area contributed by atoms with Crippen LogP contribution in [-0.2, 0) is 14.3 Å². The zero-order chi connectivity index (χ0) is 19.7. The first-order chi connectivity index (χ1) is 13.6. The lowest BCUT2D eigenvalue weighted by Gasteiger charge is -2.34. The second-order valence-electron chi connectivity index (χ2n) is 7.85. The third-order valence-corrected chi connectivity index (χ3v) is 6.76. The third kappa shape index (κ3) is 3.64. The molecular weight excluding hydrogens is 370 g/mol. The van der Waals surface area contributed by atoms with E-state index in [4.69, 9.17) is 4.74 Å². The molecule has 2 aliphatic carbocycles. The molecule has 4 rings (SSSR count). The molecule has 1 aliphatic heterocycles. The fraction of sp³-hybridized carbons (Fsp3) is 0.478. The second kappa shape index (κ2) is 8.16. The van der Waals surface area contributed by atoms with Crippen molar-refractivity contribution < 1.29 is 14.3 Å². The van der Waals surface area contributed by atoms with Crippen molar-refractivity contribution in [3.63, 3.8) is 0 Å². The molecule has 0 amide bonds. The number of Topliss-reactive ketones (excluding diaryl/α,β-unsaturated/α-hetero) is 1. The van der Waals surface area contributed by atoms with Crippen molar-refractivity contribution in [1.82, 2.24) is 5.32 Å². The molecule has 1 N–H and O–H groups in total. The monoisotopic (exact) mass is 397 g/mol. The van der Waals surface area contributed by atoms with Gasteiger partial charge >= 0.3 is 5.97 Å². The number of dihydropyridines is 1. The number of benzene rings is 1. The van der Waals surface area contributed by atoms with E-state index in [1.807, 2.05) is 25.3 Å². The van der Waals surface area contributed by atoms with Gasteiger partial charge in [-0.05, 0) is 69.4 Å². The van der Waals surface area contributed by atoms with Crippen LogP contribution in [0.5, 0.6) is 0 Å². The van der Waals surface area contributed by atoms with E-state index >= 15 is 0 Å². The van der Waals surface area contributed by atoms with Gasteiger partial charge in [-0.25, -0.2) is 4.79 Å². The number of carbonyl (C=O) groups is 2. The molecule has 3 aliphatic rings. The average molecular weight is 398 g/mol. The van der Waals surface area contributed by atoms with Gasteiger partial charge in [0.1, 0.15) is 6.10 Å². The molecule has 1 aromatic carbocycles. The van der Waals surface area contributed by atoms with Gasteiger partial charge in [0.15, 0.2) is 5.78 Å². The topological polar surface area (TPSA) is 55.4 Å². The Labute approximate surface area is 170 Å². The van der Waals surface area contributed by atoms with Crippen LogP contribution in [0.25, 0.3) is 0 Å². The van der Waals surface area contributed by atoms with Gasteiger partial charge in [-0.15, -0.1) is 11.8 Å². The van der Waals surface area contributed by atoms with E-state index in [1.54, 1.807) is 11.8 Å². The summed E-state index contributed by atoms with van der Waals surface area (Å²) in [6.45, 7) is 1.93. The molecule has 4 nitrogen and oxygen atoms in total. The molecular formula is C23H27NO3S. The molecule has 1 fully saturated rings. The normalized spacial score (nSPS) is 22.9. The van der Waals surface area contributed by atoms with Crippen molar-refractivity contribution in [2.75, 3.05) is 6.26 Å². The lowest BCUT2D eigenvalue weighted by molar-refractivity contribution is -0.144. The van der Waals surface area contributed by atoms with E-state index in [1.165, 1.54) is 0 Å². The summed E-state index contributed by atoms with van der Waals surface area (Å²) in [7, 11) is 0. The van der Waals surface area contributed by atoms with Crippen LogP contribution in [0.2, 0.25) is 0 Å². The van der Waals surface area contributed by atoms with Crippen LogP contribution in [0.1, 0.15) is 63.4 Å². The van der Waals surface area contributed by atoms with Gasteiger partial charge in [-0.3, -0.25) is 4.79 Å². The number of esters is 1. The lowest BCUT2D eigenvalue weighted by atomic mass is 9.75. The van der Waals surface area contributed by atoms with E-state index in [-0.39, 0.29) is 23.8 Å². The molecule has 148 valence electrons. The summed E-state index contributed by atoms with van der Waals surface area (Å²) in [6, 6.07) is 8.21. The molecule has 1 aromatic rings. The molecule has 28 heavy (non-hydrogen) atoms. The van der Waals surface area contributed by atoms with E-state index in [2.05, 4.69) is 17.4 Å². The number of carbonyl (C=O) groups excluding carboxylic acids is 2. The maximum Gasteiger partial charge on any atom is 0.337 e. The van der Waals surface area contributed by atoms with Gasteiger partial charge in [-0.2, -0.15) is 0 Å². The molecule has 0 saturated heterocycles. The van der Waals surface area contributed by atoms with Crippen molar-refractivity contribution >= 4 is 23.5 Å². The van der Waals surface area contributed by atoms with Crippen LogP contribution in [-0.4, -0.2) is 24.1 Å². The minimum atomic E-state index is -0.339. The number of ketones is 1. The number of ether oxygens (including phenoxy) is 1. The average Bonchev–Trinajstić information content (AvgIpc) is 3.20. The Kier molecular flexibility index (Phi) is 5.63. The third-order valence-electron chi connectivity index (χ3n) is 6.02. The van der Waals surface area contributed by atoms with Crippen LogP contribution in [0, 0.1) is 0 Å². The van der Waals surface area contributed by atoms with Crippen LogP contribution in [0.3, 0.4) is 0 Å². The summed E-state index contributed by atoms with van der Waals surface area (Å²) in [4.78, 5) is 27.2. The molecule has 5 heteroatoms. The summed E-state index contributed by atoms with van der Waals surface area (Å²) in [5, 5.41) is 3.36. The van der Waals surface area contributed by atoms with E-state index in [9.17, 15) is 9.59 Å². The van der Waals surface area contributed by atoms with Crippen LogP contribution < -0.4 is 5.32 Å². The highest BCUT2D eigenvalue weighted by Gasteiger charge is 2.39. The number of hydrogen-bond acceptors (Lipinski definition) is 5. The molecule has 1 heterocycles. The van der Waals surface area contributed by atoms with E-state index in [0.29, 0.717) is 12.0 Å². The molecule has 0 radical (unpaired) electrons. The standard InChI is InChI=1S/C23H27NO3S/c1-14-20(23(26)27-16-6-3-4-7-16)21(15-10-12-17(28-2)13-11-15)22-18(24-14)8-5-9-19(22)25/h10-13,16,21,24H,3-9H2,1-2H3/t21-/m0/s1. The fourth-order valence-electron chi connectivity index (χ4n) is 4.60. The first-order valence-electron chi connectivity index (χ1n) is 10.2. The van der Waals surface area contributed by atoms with Crippen molar-refractivity contribution in [1.29, 1.82) is 0 Å². The Morgan fingerprint density at radius 2 is 1.82 bits per heavy atom. The predicted molar refractivity (Wildman–Crippen MR) is 111 cm³/mol. The Hall–Kier alpha value is -2.01. The molecule has 0 bridgehead atoms. The van der Waals surface area contributed by atoms with Crippen molar-refractivity contribution in [2.45, 2.75) is 68.8 Å². The number of allylic oxidation sites excluding steroid dienone is 3. The maximum absolute atomic E-state index is 13.2. The zero-order valence-corrected chi connectivity index (χ0v) is 17.4. The first-order valence-corrected chi connectivity index (χ1v) is 11.4. The molecule has 1 saturated carbocycles. The van der Waals surface area contributed by atoms with E-state index in [0.717, 1.165) is 66.0 Å². The van der Waals surface area contributed by atoms with Crippen molar-refractivity contribution in [3.8, 4) is 0 Å². The highest BCUT2D eigenvalue weighted by molar-refractivity contribution is 7.98. The molecule has 1 atom stereocenters. The summed E-state index contributed by atoms with van der Waals surface area (Å²) < 4.78 is 5.86. The van der Waals surface area contributed by atoms with Crippen LogP contribution in [0.4, 0.5) is 0 Å². The Bertz CT molecular complexity index is 847. The lowest BCUT2D eigenvalue weighted by Crippen LogP contribution is -2.35. The van der Waals surface area contributed by atoms with Crippen LogP contribution in [0.15, 0.2) is 51.7 Å². The second-order valence-corrected chi connectivity index (χ2v) is 8.73. The molecule has 0 aromatic heterocycles. The zero-order valence-electron chi connectivity index (χ0n) is 16.5. The van der Waals surface area contributed by atoms with Crippen LogP contribution >= 0.6 is 11.8 Å². The minimum absolute atomic E-state index is 0.00440. The Morgan fingerprint density at radius 3 is 2.50 bits per heavy atom. The molecule has 0 spiro atoms. The van der Waals surface area contributed by atoms with Gasteiger partial charge < -0.3 is 10.1 Å². The molecule has 0 unspecified atom stereocenters. The largest absolute Gasteiger partial charge is 0.459 e. The number of rotatable bonds is 4. The number of thioether (sulfide) groups is 1. The maximum atomic E-state index is 13.2. The summed E-state index contributed by atoms with van der Waals surface area (Å²) >= 11 is 1.68. The number of nitrogens with one attached hydrogen (secondary N) is 1. The van der Waals surface area contributed by atoms with Gasteiger partial charge in [0.2, 0.25) is 0 Å². The van der Waals surface area contributed by atoms with E-state index < -0.39 is 0 Å².